The van der Waals surface area contributed by atoms with Crippen molar-refractivity contribution < 1.29 is 9.47 Å². The van der Waals surface area contributed by atoms with Gasteiger partial charge in [0, 0.05) is 21.5 Å². The van der Waals surface area contributed by atoms with E-state index in [1.54, 1.807) is 26.0 Å². The van der Waals surface area contributed by atoms with Crippen molar-refractivity contribution >= 4 is 27.7 Å². The maximum atomic E-state index is 5.31. The van der Waals surface area contributed by atoms with Crippen molar-refractivity contribution in [2.45, 2.75) is 10.9 Å². The van der Waals surface area contributed by atoms with Gasteiger partial charge < -0.3 is 9.47 Å². The predicted molar refractivity (Wildman–Crippen MR) is 124 cm³/mol. The van der Waals surface area contributed by atoms with E-state index in [1.807, 2.05) is 60.7 Å². The van der Waals surface area contributed by atoms with Crippen molar-refractivity contribution in [3.8, 4) is 28.6 Å². The zero-order valence-corrected chi connectivity index (χ0v) is 19.0. The minimum absolute atomic E-state index is 0.779. The number of aromatic nitrogens is 3. The molecule has 152 valence electrons. The van der Waals surface area contributed by atoms with Crippen molar-refractivity contribution in [3.05, 3.63) is 82.8 Å². The lowest BCUT2D eigenvalue weighted by atomic mass is 10.2. The van der Waals surface area contributed by atoms with Crippen LogP contribution >= 0.6 is 27.7 Å². The molecule has 5 nitrogen and oxygen atoms in total. The summed E-state index contributed by atoms with van der Waals surface area (Å²) in [5.41, 5.74) is 3.16. The van der Waals surface area contributed by atoms with E-state index in [1.165, 1.54) is 5.56 Å². The molecule has 0 amide bonds. The van der Waals surface area contributed by atoms with E-state index >= 15 is 0 Å². The first-order valence-electron chi connectivity index (χ1n) is 9.29. The Bertz CT molecular complexity index is 1110. The van der Waals surface area contributed by atoms with Crippen LogP contribution in [0.25, 0.3) is 17.1 Å². The van der Waals surface area contributed by atoms with E-state index in [4.69, 9.17) is 9.47 Å². The number of hydrogen-bond acceptors (Lipinski definition) is 5. The molecule has 0 N–H and O–H groups in total. The highest BCUT2D eigenvalue weighted by molar-refractivity contribution is 9.10. The smallest absolute Gasteiger partial charge is 0.196 e. The highest BCUT2D eigenvalue weighted by Gasteiger charge is 2.16. The molecule has 0 unspecified atom stereocenters. The topological polar surface area (TPSA) is 49.2 Å². The third-order valence-electron chi connectivity index (χ3n) is 4.59. The second-order valence-corrected chi connectivity index (χ2v) is 8.34. The standard InChI is InChI=1S/C23H20BrN3O2S/c1-28-20-11-5-17(6-12-20)22-25-26-23(30-15-16-3-7-18(24)8-4-16)27(22)19-9-13-21(29-2)14-10-19/h3-14H,15H2,1-2H3. The van der Waals surface area contributed by atoms with E-state index < -0.39 is 0 Å². The fraction of sp³-hybridized carbons (Fsp3) is 0.130. The molecule has 0 bridgehead atoms. The van der Waals surface area contributed by atoms with Crippen LogP contribution < -0.4 is 9.47 Å². The number of nitrogens with zero attached hydrogens (tertiary/aromatic N) is 3. The molecule has 4 aromatic rings. The van der Waals surface area contributed by atoms with E-state index in [-0.39, 0.29) is 0 Å². The van der Waals surface area contributed by atoms with Crippen LogP contribution in [0, 0.1) is 0 Å². The van der Waals surface area contributed by atoms with E-state index in [0.717, 1.165) is 44.0 Å². The summed E-state index contributed by atoms with van der Waals surface area (Å²) < 4.78 is 13.7. The first kappa shape index (κ1) is 20.5. The molecule has 0 saturated heterocycles. The highest BCUT2D eigenvalue weighted by atomic mass is 79.9. The Morgan fingerprint density at radius 2 is 1.40 bits per heavy atom. The zero-order chi connectivity index (χ0) is 20.9. The van der Waals surface area contributed by atoms with E-state index in [0.29, 0.717) is 0 Å². The van der Waals surface area contributed by atoms with Gasteiger partial charge in [0.15, 0.2) is 11.0 Å². The lowest BCUT2D eigenvalue weighted by Crippen LogP contribution is -2.00. The molecular weight excluding hydrogens is 462 g/mol. The molecule has 0 fully saturated rings. The van der Waals surface area contributed by atoms with Gasteiger partial charge >= 0.3 is 0 Å². The number of halogens is 1. The molecule has 30 heavy (non-hydrogen) atoms. The molecule has 3 aromatic carbocycles. The fourth-order valence-corrected chi connectivity index (χ4v) is 4.16. The molecule has 0 aliphatic heterocycles. The van der Waals surface area contributed by atoms with Crippen molar-refractivity contribution in [1.82, 2.24) is 14.8 Å². The minimum atomic E-state index is 0.779. The van der Waals surface area contributed by atoms with Crippen molar-refractivity contribution in [2.24, 2.45) is 0 Å². The molecular formula is C23H20BrN3O2S. The second-order valence-electron chi connectivity index (χ2n) is 6.48. The van der Waals surface area contributed by atoms with Gasteiger partial charge in [-0.1, -0.05) is 39.8 Å². The van der Waals surface area contributed by atoms with Gasteiger partial charge in [-0.25, -0.2) is 0 Å². The Morgan fingerprint density at radius 1 is 0.800 bits per heavy atom. The summed E-state index contributed by atoms with van der Waals surface area (Å²) in [6.07, 6.45) is 0. The molecule has 1 heterocycles. The first-order chi connectivity index (χ1) is 14.7. The lowest BCUT2D eigenvalue weighted by molar-refractivity contribution is 0.414. The Labute approximate surface area is 188 Å². The summed E-state index contributed by atoms with van der Waals surface area (Å²) in [5.74, 6) is 3.19. The van der Waals surface area contributed by atoms with Gasteiger partial charge in [-0.05, 0) is 66.2 Å². The lowest BCUT2D eigenvalue weighted by Gasteiger charge is -2.11. The summed E-state index contributed by atoms with van der Waals surface area (Å²) in [5, 5.41) is 9.82. The van der Waals surface area contributed by atoms with Crippen molar-refractivity contribution in [1.29, 1.82) is 0 Å². The third-order valence-corrected chi connectivity index (χ3v) is 6.12. The Balaban J connectivity index is 1.71. The molecule has 0 radical (unpaired) electrons. The molecule has 0 aliphatic carbocycles. The number of hydrogen-bond donors (Lipinski definition) is 0. The SMILES string of the molecule is COc1ccc(-c2nnc(SCc3ccc(Br)cc3)n2-c2ccc(OC)cc2)cc1. The number of rotatable bonds is 7. The van der Waals surface area contributed by atoms with Crippen LogP contribution in [0.2, 0.25) is 0 Å². The molecule has 1 aromatic heterocycles. The van der Waals surface area contributed by atoms with E-state index in [2.05, 4.69) is 42.8 Å². The van der Waals surface area contributed by atoms with Crippen LogP contribution in [0.4, 0.5) is 0 Å². The van der Waals surface area contributed by atoms with Gasteiger partial charge in [0.2, 0.25) is 0 Å². The maximum Gasteiger partial charge on any atom is 0.196 e. The molecule has 0 atom stereocenters. The average molecular weight is 482 g/mol. The normalized spacial score (nSPS) is 10.8. The summed E-state index contributed by atoms with van der Waals surface area (Å²) in [7, 11) is 3.32. The number of ether oxygens (including phenoxy) is 2. The van der Waals surface area contributed by atoms with Gasteiger partial charge in [-0.15, -0.1) is 10.2 Å². The van der Waals surface area contributed by atoms with Gasteiger partial charge in [-0.2, -0.15) is 0 Å². The maximum absolute atomic E-state index is 5.31. The quantitative estimate of drug-likeness (QED) is 0.302. The Morgan fingerprint density at radius 3 is 2.00 bits per heavy atom. The number of methoxy groups -OCH3 is 2. The van der Waals surface area contributed by atoms with Crippen LogP contribution in [-0.4, -0.2) is 29.0 Å². The predicted octanol–water partition coefficient (Wildman–Crippen LogP) is 6.01. The molecule has 0 spiro atoms. The second kappa shape index (κ2) is 9.36. The van der Waals surface area contributed by atoms with Crippen LogP contribution in [0.1, 0.15) is 5.56 Å². The monoisotopic (exact) mass is 481 g/mol. The van der Waals surface area contributed by atoms with Gasteiger partial charge in [0.25, 0.3) is 0 Å². The van der Waals surface area contributed by atoms with Gasteiger partial charge in [0.1, 0.15) is 11.5 Å². The Kier molecular flexibility index (Phi) is 6.40. The highest BCUT2D eigenvalue weighted by Crippen LogP contribution is 2.31. The molecule has 0 saturated carbocycles. The fourth-order valence-electron chi connectivity index (χ4n) is 2.98. The van der Waals surface area contributed by atoms with E-state index in [9.17, 15) is 0 Å². The van der Waals surface area contributed by atoms with Crippen molar-refractivity contribution in [2.75, 3.05) is 14.2 Å². The molecule has 0 aliphatic rings. The molecule has 7 heteroatoms. The van der Waals surface area contributed by atoms with Crippen LogP contribution in [0.3, 0.4) is 0 Å². The summed E-state index contributed by atoms with van der Waals surface area (Å²) in [4.78, 5) is 0. The van der Waals surface area contributed by atoms with Crippen LogP contribution in [0.5, 0.6) is 11.5 Å². The average Bonchev–Trinajstić information content (AvgIpc) is 3.22. The van der Waals surface area contributed by atoms with Crippen LogP contribution in [0.15, 0.2) is 82.4 Å². The summed E-state index contributed by atoms with van der Waals surface area (Å²) in [6.45, 7) is 0. The summed E-state index contributed by atoms with van der Waals surface area (Å²) in [6, 6.07) is 24.1. The largest absolute Gasteiger partial charge is 0.497 e. The van der Waals surface area contributed by atoms with Gasteiger partial charge in [-0.3, -0.25) is 4.57 Å². The van der Waals surface area contributed by atoms with Crippen molar-refractivity contribution in [3.63, 3.8) is 0 Å². The minimum Gasteiger partial charge on any atom is -0.497 e. The zero-order valence-electron chi connectivity index (χ0n) is 16.6. The first-order valence-corrected chi connectivity index (χ1v) is 11.1. The third kappa shape index (κ3) is 4.52. The molecule has 4 rings (SSSR count). The summed E-state index contributed by atoms with van der Waals surface area (Å²) >= 11 is 5.13. The van der Waals surface area contributed by atoms with Crippen LogP contribution in [-0.2, 0) is 5.75 Å². The number of benzene rings is 3. The Hall–Kier alpha value is -2.77. The van der Waals surface area contributed by atoms with Gasteiger partial charge in [0.05, 0.1) is 14.2 Å². The number of thioether (sulfide) groups is 1.